The van der Waals surface area contributed by atoms with Crippen LogP contribution in [0.5, 0.6) is 5.75 Å². The first-order chi connectivity index (χ1) is 11.5. The van der Waals surface area contributed by atoms with E-state index in [1.54, 1.807) is 42.5 Å². The number of imide groups is 1. The van der Waals surface area contributed by atoms with Crippen LogP contribution in [-0.2, 0) is 9.53 Å². The number of methoxy groups -OCH3 is 1. The Morgan fingerprint density at radius 3 is 2.29 bits per heavy atom. The van der Waals surface area contributed by atoms with Crippen molar-refractivity contribution in [1.29, 1.82) is 0 Å². The Bertz CT molecular complexity index is 775. The first-order valence-electron chi connectivity index (χ1n) is 6.91. The number of carbonyl (C=O) groups is 3. The summed E-state index contributed by atoms with van der Waals surface area (Å²) in [7, 11) is 1.42. The van der Waals surface area contributed by atoms with E-state index in [-0.39, 0.29) is 5.56 Å². The molecule has 0 unspecified atom stereocenters. The first kappa shape index (κ1) is 17.7. The van der Waals surface area contributed by atoms with Crippen molar-refractivity contribution in [2.75, 3.05) is 13.7 Å². The van der Waals surface area contributed by atoms with Gasteiger partial charge in [0, 0.05) is 4.47 Å². The highest BCUT2D eigenvalue weighted by Crippen LogP contribution is 2.17. The predicted octanol–water partition coefficient (Wildman–Crippen LogP) is 2.57. The number of halogens is 1. The molecule has 0 aromatic heterocycles. The first-order valence-corrected chi connectivity index (χ1v) is 7.71. The molecule has 0 atom stereocenters. The third-order valence-electron chi connectivity index (χ3n) is 3.03. The summed E-state index contributed by atoms with van der Waals surface area (Å²) in [5.74, 6) is -1.68. The largest absolute Gasteiger partial charge is 0.496 e. The van der Waals surface area contributed by atoms with Crippen LogP contribution in [0.2, 0.25) is 0 Å². The van der Waals surface area contributed by atoms with Crippen molar-refractivity contribution in [2.45, 2.75) is 0 Å². The molecule has 0 saturated heterocycles. The summed E-state index contributed by atoms with van der Waals surface area (Å²) in [6.45, 7) is -0.568. The molecule has 6 nitrogen and oxygen atoms in total. The third-order valence-corrected chi connectivity index (χ3v) is 3.72. The van der Waals surface area contributed by atoms with Crippen LogP contribution in [0.3, 0.4) is 0 Å². The van der Waals surface area contributed by atoms with Gasteiger partial charge in [-0.25, -0.2) is 4.79 Å². The smallest absolute Gasteiger partial charge is 0.339 e. The molecule has 2 rings (SSSR count). The molecule has 24 heavy (non-hydrogen) atoms. The molecule has 2 aromatic carbocycles. The Morgan fingerprint density at radius 2 is 1.62 bits per heavy atom. The van der Waals surface area contributed by atoms with Crippen LogP contribution in [0.1, 0.15) is 20.7 Å². The zero-order chi connectivity index (χ0) is 17.5. The van der Waals surface area contributed by atoms with Gasteiger partial charge in [0.05, 0.1) is 18.2 Å². The fraction of sp³-hybridized carbons (Fsp3) is 0.118. The lowest BCUT2D eigenvalue weighted by molar-refractivity contribution is -0.123. The van der Waals surface area contributed by atoms with Crippen LogP contribution < -0.4 is 10.1 Å². The minimum atomic E-state index is -0.730. The van der Waals surface area contributed by atoms with Crippen molar-refractivity contribution in [1.82, 2.24) is 5.32 Å². The molecule has 0 fully saturated rings. The minimum Gasteiger partial charge on any atom is -0.496 e. The molecule has 0 aliphatic rings. The van der Waals surface area contributed by atoms with E-state index < -0.39 is 24.4 Å². The normalized spacial score (nSPS) is 9.92. The van der Waals surface area contributed by atoms with E-state index in [1.165, 1.54) is 13.2 Å². The summed E-state index contributed by atoms with van der Waals surface area (Å²) in [4.78, 5) is 35.7. The Morgan fingerprint density at radius 1 is 1.00 bits per heavy atom. The molecule has 7 heteroatoms. The lowest BCUT2D eigenvalue weighted by atomic mass is 10.2. The fourth-order valence-corrected chi connectivity index (χ4v) is 2.34. The molecule has 124 valence electrons. The number of benzene rings is 2. The van der Waals surface area contributed by atoms with Gasteiger partial charge in [-0.1, -0.05) is 24.3 Å². The average molecular weight is 392 g/mol. The highest BCUT2D eigenvalue weighted by atomic mass is 79.9. The molecule has 2 aromatic rings. The van der Waals surface area contributed by atoms with Gasteiger partial charge in [-0.2, -0.15) is 0 Å². The zero-order valence-corrected chi connectivity index (χ0v) is 14.3. The van der Waals surface area contributed by atoms with Gasteiger partial charge in [0.15, 0.2) is 6.61 Å². The number of carbonyl (C=O) groups excluding carboxylic acids is 3. The van der Waals surface area contributed by atoms with E-state index in [1.807, 2.05) is 0 Å². The number of esters is 1. The molecule has 0 heterocycles. The van der Waals surface area contributed by atoms with Crippen LogP contribution in [0, 0.1) is 0 Å². The molecule has 0 radical (unpaired) electrons. The van der Waals surface area contributed by atoms with Crippen molar-refractivity contribution >= 4 is 33.7 Å². The maximum Gasteiger partial charge on any atom is 0.339 e. The Labute approximate surface area is 146 Å². The molecular weight excluding hydrogens is 378 g/mol. The SMILES string of the molecule is COc1ccccc1C(=O)NC(=O)COC(=O)c1ccccc1Br. The summed E-state index contributed by atoms with van der Waals surface area (Å²) in [5, 5.41) is 2.15. The van der Waals surface area contributed by atoms with Crippen molar-refractivity contribution in [2.24, 2.45) is 0 Å². The topological polar surface area (TPSA) is 81.7 Å². The predicted molar refractivity (Wildman–Crippen MR) is 89.9 cm³/mol. The molecule has 0 bridgehead atoms. The Balaban J connectivity index is 1.93. The van der Waals surface area contributed by atoms with Crippen LogP contribution in [0.15, 0.2) is 53.0 Å². The standard InChI is InChI=1S/C17H14BrNO5/c1-23-14-9-5-3-7-12(14)16(21)19-15(20)10-24-17(22)11-6-2-4-8-13(11)18/h2-9H,10H2,1H3,(H,19,20,21). The van der Waals surface area contributed by atoms with Crippen LogP contribution in [0.4, 0.5) is 0 Å². The van der Waals surface area contributed by atoms with Crippen molar-refractivity contribution in [3.63, 3.8) is 0 Å². The van der Waals surface area contributed by atoms with Gasteiger partial charge in [0.2, 0.25) is 0 Å². The van der Waals surface area contributed by atoms with Gasteiger partial charge in [0.1, 0.15) is 5.75 Å². The number of nitrogens with one attached hydrogen (secondary N) is 1. The Kier molecular flexibility index (Phi) is 6.08. The lowest BCUT2D eigenvalue weighted by Gasteiger charge is -2.09. The van der Waals surface area contributed by atoms with Crippen LogP contribution >= 0.6 is 15.9 Å². The number of hydrogen-bond acceptors (Lipinski definition) is 5. The number of para-hydroxylation sites is 1. The summed E-state index contributed by atoms with van der Waals surface area (Å²) >= 11 is 3.22. The molecule has 1 N–H and O–H groups in total. The molecule has 0 aliphatic heterocycles. The van der Waals surface area contributed by atoms with Crippen LogP contribution in [-0.4, -0.2) is 31.5 Å². The average Bonchev–Trinajstić information content (AvgIpc) is 2.60. The second-order valence-electron chi connectivity index (χ2n) is 4.63. The number of amides is 2. The van der Waals surface area contributed by atoms with E-state index in [4.69, 9.17) is 9.47 Å². The lowest BCUT2D eigenvalue weighted by Crippen LogP contribution is -2.34. The molecule has 0 aliphatic carbocycles. The summed E-state index contributed by atoms with van der Waals surface area (Å²) < 4.78 is 10.5. The van der Waals surface area contributed by atoms with Gasteiger partial charge >= 0.3 is 5.97 Å². The summed E-state index contributed by atoms with van der Waals surface area (Å²) in [6, 6.07) is 13.1. The monoisotopic (exact) mass is 391 g/mol. The Hall–Kier alpha value is -2.67. The molecule has 2 amide bonds. The quantitative estimate of drug-likeness (QED) is 0.792. The highest BCUT2D eigenvalue weighted by Gasteiger charge is 2.17. The number of ether oxygens (including phenoxy) is 2. The summed E-state index contributed by atoms with van der Waals surface area (Å²) in [6.07, 6.45) is 0. The number of hydrogen-bond donors (Lipinski definition) is 1. The second-order valence-corrected chi connectivity index (χ2v) is 5.49. The summed E-state index contributed by atoms with van der Waals surface area (Å²) in [5.41, 5.74) is 0.506. The number of rotatable bonds is 5. The maximum atomic E-state index is 12.0. The zero-order valence-electron chi connectivity index (χ0n) is 12.7. The van der Waals surface area contributed by atoms with Gasteiger partial charge in [-0.15, -0.1) is 0 Å². The van der Waals surface area contributed by atoms with Crippen molar-refractivity contribution in [3.8, 4) is 5.75 Å². The van der Waals surface area contributed by atoms with E-state index in [0.717, 1.165) is 0 Å². The van der Waals surface area contributed by atoms with Crippen LogP contribution in [0.25, 0.3) is 0 Å². The van der Waals surface area contributed by atoms with E-state index in [9.17, 15) is 14.4 Å². The van der Waals surface area contributed by atoms with Gasteiger partial charge in [-0.3, -0.25) is 14.9 Å². The highest BCUT2D eigenvalue weighted by molar-refractivity contribution is 9.10. The van der Waals surface area contributed by atoms with Gasteiger partial charge < -0.3 is 9.47 Å². The fourth-order valence-electron chi connectivity index (χ4n) is 1.90. The molecule has 0 spiro atoms. The van der Waals surface area contributed by atoms with Gasteiger partial charge in [-0.05, 0) is 40.2 Å². The van der Waals surface area contributed by atoms with Gasteiger partial charge in [0.25, 0.3) is 11.8 Å². The van der Waals surface area contributed by atoms with E-state index >= 15 is 0 Å². The van der Waals surface area contributed by atoms with Crippen molar-refractivity contribution < 1.29 is 23.9 Å². The molecule has 0 saturated carbocycles. The third kappa shape index (κ3) is 4.42. The van der Waals surface area contributed by atoms with Crippen molar-refractivity contribution in [3.05, 3.63) is 64.1 Å². The second kappa shape index (κ2) is 8.26. The maximum absolute atomic E-state index is 12.0. The van der Waals surface area contributed by atoms with E-state index in [0.29, 0.717) is 15.8 Å². The molecular formula is C17H14BrNO5. The van der Waals surface area contributed by atoms with E-state index in [2.05, 4.69) is 21.2 Å². The minimum absolute atomic E-state index is 0.213.